The highest BCUT2D eigenvalue weighted by molar-refractivity contribution is 6.29. The predicted octanol–water partition coefficient (Wildman–Crippen LogP) is 4.93. The lowest BCUT2D eigenvalue weighted by molar-refractivity contribution is -0.137. The molecule has 0 atom stereocenters. The van der Waals surface area contributed by atoms with Crippen molar-refractivity contribution in [2.75, 3.05) is 6.61 Å². The van der Waals surface area contributed by atoms with Crippen molar-refractivity contribution in [3.05, 3.63) is 64.6 Å². The molecule has 0 saturated carbocycles. The maximum absolute atomic E-state index is 13.2. The highest BCUT2D eigenvalue weighted by Crippen LogP contribution is 2.34. The molecule has 0 amide bonds. The minimum Gasteiger partial charge on any atom is -0.462 e. The summed E-state index contributed by atoms with van der Waals surface area (Å²) in [6, 6.07) is 8.45. The van der Waals surface area contributed by atoms with Gasteiger partial charge < -0.3 is 9.30 Å². The Morgan fingerprint density at radius 1 is 1.27 bits per heavy atom. The molecule has 4 nitrogen and oxygen atoms in total. The molecule has 2 aromatic heterocycles. The van der Waals surface area contributed by atoms with E-state index in [4.69, 9.17) is 16.3 Å². The molecule has 1 aromatic carbocycles. The minimum atomic E-state index is -4.56. The van der Waals surface area contributed by atoms with E-state index in [1.807, 2.05) is 0 Å². The number of carbonyl (C=O) groups is 1. The van der Waals surface area contributed by atoms with Gasteiger partial charge in [0.05, 0.1) is 35.5 Å². The molecule has 0 fully saturated rings. The summed E-state index contributed by atoms with van der Waals surface area (Å²) in [6.07, 6.45) is -2.96. The fourth-order valence-corrected chi connectivity index (χ4v) is 2.90. The van der Waals surface area contributed by atoms with Gasteiger partial charge in [0.1, 0.15) is 5.15 Å². The summed E-state index contributed by atoms with van der Waals surface area (Å²) in [6.45, 7) is 1.91. The van der Waals surface area contributed by atoms with Crippen molar-refractivity contribution >= 4 is 28.5 Å². The molecular formula is C18H14ClF3N2O2. The van der Waals surface area contributed by atoms with E-state index in [0.29, 0.717) is 21.7 Å². The third kappa shape index (κ3) is 3.67. The van der Waals surface area contributed by atoms with E-state index in [2.05, 4.69) is 4.98 Å². The van der Waals surface area contributed by atoms with Crippen LogP contribution >= 0.6 is 11.6 Å². The molecule has 0 spiro atoms. The summed E-state index contributed by atoms with van der Waals surface area (Å²) in [5, 5.41) is 0.605. The molecular weight excluding hydrogens is 369 g/mol. The first-order valence-corrected chi connectivity index (χ1v) is 8.16. The Balaban J connectivity index is 2.15. The van der Waals surface area contributed by atoms with Crippen LogP contribution < -0.4 is 0 Å². The number of nitrogens with zero attached hydrogens (tertiary/aromatic N) is 2. The molecule has 0 N–H and O–H groups in total. The summed E-state index contributed by atoms with van der Waals surface area (Å²) >= 11 is 5.88. The summed E-state index contributed by atoms with van der Waals surface area (Å²) < 4.78 is 46.1. The maximum atomic E-state index is 13.2. The zero-order valence-electron chi connectivity index (χ0n) is 13.7. The van der Waals surface area contributed by atoms with Gasteiger partial charge in [0, 0.05) is 11.6 Å². The van der Waals surface area contributed by atoms with E-state index in [0.717, 1.165) is 12.1 Å². The number of aromatic nitrogens is 2. The fraction of sp³-hybridized carbons (Fsp3) is 0.222. The average molecular weight is 383 g/mol. The second kappa shape index (κ2) is 6.99. The van der Waals surface area contributed by atoms with Gasteiger partial charge in [0.25, 0.3) is 0 Å². The zero-order valence-corrected chi connectivity index (χ0v) is 14.4. The molecule has 0 radical (unpaired) electrons. The number of halogens is 4. The Labute approximate surface area is 152 Å². The number of alkyl halides is 3. The van der Waals surface area contributed by atoms with Crippen LogP contribution in [0.2, 0.25) is 5.15 Å². The number of hydrogen-bond donors (Lipinski definition) is 0. The minimum absolute atomic E-state index is 0.0626. The van der Waals surface area contributed by atoms with Gasteiger partial charge in [0.2, 0.25) is 0 Å². The smallest absolute Gasteiger partial charge is 0.416 e. The van der Waals surface area contributed by atoms with Crippen molar-refractivity contribution in [2.24, 2.45) is 0 Å². The molecule has 26 heavy (non-hydrogen) atoms. The molecule has 8 heteroatoms. The summed E-state index contributed by atoms with van der Waals surface area (Å²) in [5.74, 6) is -0.803. The molecule has 3 rings (SSSR count). The molecule has 136 valence electrons. The average Bonchev–Trinajstić information content (AvgIpc) is 2.96. The number of fused-ring (bicyclic) bond motifs is 1. The lowest BCUT2D eigenvalue weighted by Gasteiger charge is -2.13. The predicted molar refractivity (Wildman–Crippen MR) is 91.2 cm³/mol. The lowest BCUT2D eigenvalue weighted by Crippen LogP contribution is -2.12. The number of ether oxygens (including phenoxy) is 1. The maximum Gasteiger partial charge on any atom is 0.416 e. The lowest BCUT2D eigenvalue weighted by atomic mass is 10.1. The number of hydrogen-bond acceptors (Lipinski definition) is 3. The first-order valence-electron chi connectivity index (χ1n) is 7.78. The second-order valence-corrected chi connectivity index (χ2v) is 5.96. The quantitative estimate of drug-likeness (QED) is 0.474. The van der Waals surface area contributed by atoms with Gasteiger partial charge >= 0.3 is 12.1 Å². The van der Waals surface area contributed by atoms with Crippen LogP contribution in [0, 0.1) is 0 Å². The number of carbonyl (C=O) groups excluding carboxylic acids is 1. The number of rotatable bonds is 4. The summed E-state index contributed by atoms with van der Waals surface area (Å²) in [5.41, 5.74) is -0.0571. The van der Waals surface area contributed by atoms with Crippen molar-refractivity contribution in [1.82, 2.24) is 9.55 Å². The molecule has 3 aromatic rings. The standard InChI is InChI=1S/C18H14ClF3N2O2/c1-2-26-17(25)14-9-12(18(20,21)22)8-11-6-7-24(16(11)14)10-13-4-3-5-15(19)23-13/h3-9H,2,10H2,1H3. The summed E-state index contributed by atoms with van der Waals surface area (Å²) in [4.78, 5) is 16.4. The Hall–Kier alpha value is -2.54. The highest BCUT2D eigenvalue weighted by Gasteiger charge is 2.33. The number of esters is 1. The Morgan fingerprint density at radius 3 is 2.69 bits per heavy atom. The third-order valence-electron chi connectivity index (χ3n) is 3.79. The van der Waals surface area contributed by atoms with Gasteiger partial charge in [0.15, 0.2) is 0 Å². The van der Waals surface area contributed by atoms with Crippen LogP contribution in [0.1, 0.15) is 28.5 Å². The SMILES string of the molecule is CCOC(=O)c1cc(C(F)(F)F)cc2ccn(Cc3cccc(Cl)n3)c12. The van der Waals surface area contributed by atoms with Crippen molar-refractivity contribution in [1.29, 1.82) is 0 Å². The number of pyridine rings is 1. The molecule has 0 aliphatic heterocycles. The Kier molecular flexibility index (Phi) is 4.91. The van der Waals surface area contributed by atoms with E-state index in [-0.39, 0.29) is 18.7 Å². The monoisotopic (exact) mass is 382 g/mol. The van der Waals surface area contributed by atoms with E-state index >= 15 is 0 Å². The van der Waals surface area contributed by atoms with E-state index in [1.165, 1.54) is 6.07 Å². The van der Waals surface area contributed by atoms with Gasteiger partial charge in [-0.05, 0) is 37.3 Å². The Bertz CT molecular complexity index is 967. The highest BCUT2D eigenvalue weighted by atomic mass is 35.5. The van der Waals surface area contributed by atoms with Crippen LogP contribution in [0.15, 0.2) is 42.6 Å². The molecule has 0 unspecified atom stereocenters. The van der Waals surface area contributed by atoms with Crippen LogP contribution in [-0.2, 0) is 17.5 Å². The molecule has 2 heterocycles. The Morgan fingerprint density at radius 2 is 2.04 bits per heavy atom. The normalized spacial score (nSPS) is 11.7. The van der Waals surface area contributed by atoms with Gasteiger partial charge in [-0.25, -0.2) is 9.78 Å². The fourth-order valence-electron chi connectivity index (χ4n) is 2.72. The van der Waals surface area contributed by atoms with Crippen LogP contribution in [0.5, 0.6) is 0 Å². The number of benzene rings is 1. The van der Waals surface area contributed by atoms with Crippen molar-refractivity contribution < 1.29 is 22.7 Å². The van der Waals surface area contributed by atoms with Gasteiger partial charge in [-0.2, -0.15) is 13.2 Å². The van der Waals surface area contributed by atoms with Crippen LogP contribution in [-0.4, -0.2) is 22.1 Å². The van der Waals surface area contributed by atoms with Gasteiger partial charge in [-0.15, -0.1) is 0 Å². The van der Waals surface area contributed by atoms with Crippen molar-refractivity contribution in [2.45, 2.75) is 19.6 Å². The van der Waals surface area contributed by atoms with E-state index in [1.54, 1.807) is 35.9 Å². The second-order valence-electron chi connectivity index (χ2n) is 5.58. The van der Waals surface area contributed by atoms with Crippen molar-refractivity contribution in [3.63, 3.8) is 0 Å². The molecule has 0 aliphatic carbocycles. The zero-order chi connectivity index (χ0) is 18.9. The van der Waals surface area contributed by atoms with Gasteiger partial charge in [-0.3, -0.25) is 0 Å². The van der Waals surface area contributed by atoms with Crippen LogP contribution in [0.25, 0.3) is 10.9 Å². The van der Waals surface area contributed by atoms with E-state index < -0.39 is 17.7 Å². The molecule has 0 bridgehead atoms. The largest absolute Gasteiger partial charge is 0.462 e. The first-order chi connectivity index (χ1) is 12.3. The molecule has 0 saturated heterocycles. The van der Waals surface area contributed by atoms with E-state index in [9.17, 15) is 18.0 Å². The summed E-state index contributed by atoms with van der Waals surface area (Å²) in [7, 11) is 0. The topological polar surface area (TPSA) is 44.1 Å². The third-order valence-corrected chi connectivity index (χ3v) is 4.00. The van der Waals surface area contributed by atoms with Crippen LogP contribution in [0.4, 0.5) is 13.2 Å². The first kappa shape index (κ1) is 18.3. The van der Waals surface area contributed by atoms with Crippen LogP contribution in [0.3, 0.4) is 0 Å². The van der Waals surface area contributed by atoms with Gasteiger partial charge in [-0.1, -0.05) is 17.7 Å². The van der Waals surface area contributed by atoms with Crippen molar-refractivity contribution in [3.8, 4) is 0 Å². The molecule has 0 aliphatic rings.